The van der Waals surface area contributed by atoms with Crippen molar-refractivity contribution in [2.45, 2.75) is 13.3 Å². The van der Waals surface area contributed by atoms with E-state index >= 15 is 0 Å². The van der Waals surface area contributed by atoms with Crippen LogP contribution in [-0.2, 0) is 6.42 Å². The highest BCUT2D eigenvalue weighted by molar-refractivity contribution is 5.27. The average molecular weight is 191 g/mol. The first-order valence-corrected chi connectivity index (χ1v) is 4.84. The number of hydrogen-bond donors (Lipinski definition) is 1. The van der Waals surface area contributed by atoms with E-state index in [1.165, 1.54) is 5.56 Å². The van der Waals surface area contributed by atoms with Gasteiger partial charge in [0.15, 0.2) is 0 Å². The zero-order chi connectivity index (χ0) is 10.4. The molecule has 2 N–H and O–H groups in total. The fraction of sp³-hybridized carbons (Fsp3) is 0.333. The van der Waals surface area contributed by atoms with Gasteiger partial charge in [-0.3, -0.25) is 0 Å². The van der Waals surface area contributed by atoms with Crippen molar-refractivity contribution in [1.82, 2.24) is 0 Å². The van der Waals surface area contributed by atoms with Crippen LogP contribution in [0.4, 0.5) is 0 Å². The Balaban J connectivity index is 2.47. The lowest BCUT2D eigenvalue weighted by Crippen LogP contribution is -2.09. The van der Waals surface area contributed by atoms with Crippen molar-refractivity contribution >= 4 is 0 Å². The minimum absolute atomic E-state index is 0.479. The monoisotopic (exact) mass is 191 g/mol. The maximum Gasteiger partial charge on any atom is 0.119 e. The van der Waals surface area contributed by atoms with Crippen LogP contribution in [0.1, 0.15) is 12.5 Å². The van der Waals surface area contributed by atoms with Gasteiger partial charge in [0.25, 0.3) is 0 Å². The van der Waals surface area contributed by atoms with Crippen LogP contribution < -0.4 is 10.5 Å². The quantitative estimate of drug-likeness (QED) is 0.724. The molecular weight excluding hydrogens is 174 g/mol. The first-order chi connectivity index (χ1) is 6.76. The standard InChI is InChI=1S/C12H17NO/c1-3-11-4-6-12(7-5-11)14-9-10(2)8-13/h4-7H,2-3,8-9,13H2,1H3. The zero-order valence-corrected chi connectivity index (χ0v) is 8.62. The second-order valence-electron chi connectivity index (χ2n) is 3.24. The highest BCUT2D eigenvalue weighted by Gasteiger charge is 1.95. The molecular formula is C12H17NO. The Labute approximate surface area is 85.4 Å². The SMILES string of the molecule is C=C(CN)COc1ccc(CC)cc1. The van der Waals surface area contributed by atoms with Gasteiger partial charge in [-0.05, 0) is 29.7 Å². The lowest BCUT2D eigenvalue weighted by molar-refractivity contribution is 0.351. The van der Waals surface area contributed by atoms with Gasteiger partial charge in [-0.2, -0.15) is 0 Å². The molecule has 0 fully saturated rings. The van der Waals surface area contributed by atoms with E-state index in [0.29, 0.717) is 13.2 Å². The Hall–Kier alpha value is -1.28. The van der Waals surface area contributed by atoms with Crippen molar-refractivity contribution in [3.63, 3.8) is 0 Å². The lowest BCUT2D eigenvalue weighted by Gasteiger charge is -2.07. The topological polar surface area (TPSA) is 35.2 Å². The molecule has 1 aromatic carbocycles. The molecule has 0 spiro atoms. The zero-order valence-electron chi connectivity index (χ0n) is 8.62. The van der Waals surface area contributed by atoms with Crippen molar-refractivity contribution < 1.29 is 4.74 Å². The highest BCUT2D eigenvalue weighted by Crippen LogP contribution is 2.12. The van der Waals surface area contributed by atoms with E-state index in [1.807, 2.05) is 12.1 Å². The predicted molar refractivity (Wildman–Crippen MR) is 59.5 cm³/mol. The predicted octanol–water partition coefficient (Wildman–Crippen LogP) is 2.14. The number of aryl methyl sites for hydroxylation is 1. The molecule has 1 aromatic rings. The highest BCUT2D eigenvalue weighted by atomic mass is 16.5. The van der Waals surface area contributed by atoms with E-state index in [2.05, 4.69) is 25.6 Å². The first kappa shape index (κ1) is 10.8. The Morgan fingerprint density at radius 1 is 1.36 bits per heavy atom. The smallest absolute Gasteiger partial charge is 0.119 e. The van der Waals surface area contributed by atoms with E-state index in [9.17, 15) is 0 Å². The fourth-order valence-corrected chi connectivity index (χ4v) is 1.07. The van der Waals surface area contributed by atoms with E-state index in [-0.39, 0.29) is 0 Å². The molecule has 0 atom stereocenters. The summed E-state index contributed by atoms with van der Waals surface area (Å²) in [6.07, 6.45) is 1.05. The van der Waals surface area contributed by atoms with Gasteiger partial charge in [-0.1, -0.05) is 25.6 Å². The van der Waals surface area contributed by atoms with Crippen molar-refractivity contribution in [2.24, 2.45) is 5.73 Å². The number of ether oxygens (including phenoxy) is 1. The molecule has 0 aliphatic heterocycles. The molecule has 2 heteroatoms. The molecule has 0 saturated carbocycles. The summed E-state index contributed by atoms with van der Waals surface area (Å²) in [5.41, 5.74) is 7.62. The minimum Gasteiger partial charge on any atom is -0.489 e. The Kier molecular flexibility index (Phi) is 4.20. The molecule has 0 aliphatic carbocycles. The summed E-state index contributed by atoms with van der Waals surface area (Å²) in [5.74, 6) is 0.872. The van der Waals surface area contributed by atoms with Crippen LogP contribution in [0.3, 0.4) is 0 Å². The normalized spacial score (nSPS) is 9.86. The van der Waals surface area contributed by atoms with Gasteiger partial charge in [0.05, 0.1) is 0 Å². The largest absolute Gasteiger partial charge is 0.489 e. The molecule has 0 saturated heterocycles. The van der Waals surface area contributed by atoms with E-state index in [4.69, 9.17) is 10.5 Å². The summed E-state index contributed by atoms with van der Waals surface area (Å²) in [7, 11) is 0. The third-order valence-corrected chi connectivity index (χ3v) is 2.06. The number of nitrogens with two attached hydrogens (primary N) is 1. The van der Waals surface area contributed by atoms with Crippen LogP contribution in [0.15, 0.2) is 36.4 Å². The van der Waals surface area contributed by atoms with E-state index < -0.39 is 0 Å². The Morgan fingerprint density at radius 2 is 2.00 bits per heavy atom. The van der Waals surface area contributed by atoms with Crippen LogP contribution >= 0.6 is 0 Å². The Bertz CT molecular complexity index is 290. The number of benzene rings is 1. The van der Waals surface area contributed by atoms with Crippen molar-refractivity contribution in [1.29, 1.82) is 0 Å². The molecule has 0 heterocycles. The fourth-order valence-electron chi connectivity index (χ4n) is 1.07. The summed E-state index contributed by atoms with van der Waals surface area (Å²) >= 11 is 0. The summed E-state index contributed by atoms with van der Waals surface area (Å²) in [6.45, 7) is 6.88. The number of hydrogen-bond acceptors (Lipinski definition) is 2. The molecule has 76 valence electrons. The molecule has 1 rings (SSSR count). The van der Waals surface area contributed by atoms with E-state index in [0.717, 1.165) is 17.7 Å². The van der Waals surface area contributed by atoms with Crippen molar-refractivity contribution in [3.8, 4) is 5.75 Å². The van der Waals surface area contributed by atoms with Gasteiger partial charge in [0.2, 0.25) is 0 Å². The third kappa shape index (κ3) is 3.23. The van der Waals surface area contributed by atoms with Gasteiger partial charge in [0.1, 0.15) is 12.4 Å². The second-order valence-corrected chi connectivity index (χ2v) is 3.24. The van der Waals surface area contributed by atoms with Crippen molar-refractivity contribution in [2.75, 3.05) is 13.2 Å². The summed E-state index contributed by atoms with van der Waals surface area (Å²) in [4.78, 5) is 0. The first-order valence-electron chi connectivity index (χ1n) is 4.84. The van der Waals surface area contributed by atoms with Crippen molar-refractivity contribution in [3.05, 3.63) is 42.0 Å². The van der Waals surface area contributed by atoms with E-state index in [1.54, 1.807) is 0 Å². The van der Waals surface area contributed by atoms with Crippen LogP contribution in [0.25, 0.3) is 0 Å². The van der Waals surface area contributed by atoms with Gasteiger partial charge in [0, 0.05) is 6.54 Å². The summed E-state index contributed by atoms with van der Waals surface area (Å²) in [6, 6.07) is 8.09. The summed E-state index contributed by atoms with van der Waals surface area (Å²) < 4.78 is 5.48. The molecule has 0 amide bonds. The van der Waals surface area contributed by atoms with Crippen LogP contribution in [-0.4, -0.2) is 13.2 Å². The van der Waals surface area contributed by atoms with Crippen LogP contribution in [0.5, 0.6) is 5.75 Å². The van der Waals surface area contributed by atoms with Gasteiger partial charge in [-0.25, -0.2) is 0 Å². The van der Waals surface area contributed by atoms with Crippen LogP contribution in [0, 0.1) is 0 Å². The molecule has 0 unspecified atom stereocenters. The third-order valence-electron chi connectivity index (χ3n) is 2.06. The lowest BCUT2D eigenvalue weighted by atomic mass is 10.2. The number of rotatable bonds is 5. The minimum atomic E-state index is 0.479. The average Bonchev–Trinajstić information content (AvgIpc) is 2.26. The summed E-state index contributed by atoms with van der Waals surface area (Å²) in [5, 5.41) is 0. The molecule has 2 nitrogen and oxygen atoms in total. The van der Waals surface area contributed by atoms with Gasteiger partial charge in [-0.15, -0.1) is 0 Å². The van der Waals surface area contributed by atoms with Crippen LogP contribution in [0.2, 0.25) is 0 Å². The molecule has 0 aromatic heterocycles. The van der Waals surface area contributed by atoms with Gasteiger partial charge >= 0.3 is 0 Å². The molecule has 0 radical (unpaired) electrons. The maximum absolute atomic E-state index is 5.48. The molecule has 14 heavy (non-hydrogen) atoms. The Morgan fingerprint density at radius 3 is 2.50 bits per heavy atom. The second kappa shape index (κ2) is 5.45. The van der Waals surface area contributed by atoms with Gasteiger partial charge < -0.3 is 10.5 Å². The molecule has 0 aliphatic rings. The molecule has 0 bridgehead atoms. The maximum atomic E-state index is 5.48.